The van der Waals surface area contributed by atoms with Gasteiger partial charge in [0.15, 0.2) is 0 Å². The van der Waals surface area contributed by atoms with Crippen molar-refractivity contribution in [3.05, 3.63) is 58.7 Å². The van der Waals surface area contributed by atoms with Crippen molar-refractivity contribution in [2.24, 2.45) is 0 Å². The second kappa shape index (κ2) is 3.94. The molecule has 2 heterocycles. The second-order valence-electron chi connectivity index (χ2n) is 5.09. The van der Waals surface area contributed by atoms with Gasteiger partial charge in [0.1, 0.15) is 0 Å². The van der Waals surface area contributed by atoms with Gasteiger partial charge in [-0.25, -0.2) is 0 Å². The summed E-state index contributed by atoms with van der Waals surface area (Å²) in [7, 11) is 0. The van der Waals surface area contributed by atoms with Crippen molar-refractivity contribution in [3.8, 4) is 11.1 Å². The van der Waals surface area contributed by atoms with E-state index in [-0.39, 0.29) is 0 Å². The number of benzene rings is 2. The van der Waals surface area contributed by atoms with Gasteiger partial charge in [-0.2, -0.15) is 0 Å². The van der Waals surface area contributed by atoms with E-state index >= 15 is 0 Å². The lowest BCUT2D eigenvalue weighted by atomic mass is 9.92. The van der Waals surface area contributed by atoms with Crippen LogP contribution >= 0.6 is 0 Å². The first-order valence-corrected chi connectivity index (χ1v) is 6.57. The maximum Gasteiger partial charge on any atom is 0.0218 e. The summed E-state index contributed by atoms with van der Waals surface area (Å²) in [6.45, 7) is 4.03. The molecule has 90 valence electrons. The summed E-state index contributed by atoms with van der Waals surface area (Å²) in [5, 5.41) is 6.90. The lowest BCUT2D eigenvalue weighted by Gasteiger charge is -2.12. The highest BCUT2D eigenvalue weighted by molar-refractivity contribution is 5.74. The topological polar surface area (TPSA) is 24.1 Å². The Kier molecular flexibility index (Phi) is 2.25. The molecule has 2 aliphatic heterocycles. The van der Waals surface area contributed by atoms with Gasteiger partial charge in [0.25, 0.3) is 0 Å². The van der Waals surface area contributed by atoms with E-state index in [9.17, 15) is 0 Å². The Morgan fingerprint density at radius 2 is 1.11 bits per heavy atom. The molecule has 2 aromatic carbocycles. The Bertz CT molecular complexity index is 561. The van der Waals surface area contributed by atoms with Crippen LogP contribution in [0.15, 0.2) is 36.4 Å². The highest BCUT2D eigenvalue weighted by atomic mass is 14.9. The molecule has 18 heavy (non-hydrogen) atoms. The summed E-state index contributed by atoms with van der Waals surface area (Å²) in [4.78, 5) is 0. The molecule has 0 radical (unpaired) electrons. The molecule has 0 saturated heterocycles. The lowest BCUT2D eigenvalue weighted by Crippen LogP contribution is -2.01. The Morgan fingerprint density at radius 1 is 0.611 bits per heavy atom. The van der Waals surface area contributed by atoms with Crippen LogP contribution in [0, 0.1) is 0 Å². The van der Waals surface area contributed by atoms with Crippen LogP contribution in [0.5, 0.6) is 0 Å². The minimum Gasteiger partial charge on any atom is -0.309 e. The first kappa shape index (κ1) is 10.3. The smallest absolute Gasteiger partial charge is 0.0218 e. The van der Waals surface area contributed by atoms with Gasteiger partial charge in [0.2, 0.25) is 0 Å². The quantitative estimate of drug-likeness (QED) is 0.795. The number of hydrogen-bond donors (Lipinski definition) is 2. The minimum absolute atomic E-state index is 1.00. The zero-order valence-electron chi connectivity index (χ0n) is 10.3. The third-order valence-electron chi connectivity index (χ3n) is 4.07. The molecule has 0 aliphatic carbocycles. The largest absolute Gasteiger partial charge is 0.309 e. The van der Waals surface area contributed by atoms with Crippen LogP contribution in [0.3, 0.4) is 0 Å². The van der Waals surface area contributed by atoms with E-state index in [2.05, 4.69) is 47.0 Å². The number of rotatable bonds is 1. The molecule has 2 nitrogen and oxygen atoms in total. The molecule has 4 rings (SSSR count). The SMILES string of the molecule is c1cc2c(c(-c3cccc4c3CNC4)c1)CNC2. The summed E-state index contributed by atoms with van der Waals surface area (Å²) >= 11 is 0. The van der Waals surface area contributed by atoms with Gasteiger partial charge in [-0.1, -0.05) is 36.4 Å². The van der Waals surface area contributed by atoms with Crippen molar-refractivity contribution in [2.45, 2.75) is 26.2 Å². The predicted molar refractivity (Wildman–Crippen MR) is 73.0 cm³/mol. The number of hydrogen-bond acceptors (Lipinski definition) is 2. The van der Waals surface area contributed by atoms with Crippen LogP contribution < -0.4 is 10.6 Å². The highest BCUT2D eigenvalue weighted by Crippen LogP contribution is 2.34. The lowest BCUT2D eigenvalue weighted by molar-refractivity contribution is 0.763. The molecule has 0 aromatic heterocycles. The third kappa shape index (κ3) is 1.43. The van der Waals surface area contributed by atoms with Crippen LogP contribution in [-0.4, -0.2) is 0 Å². The van der Waals surface area contributed by atoms with E-state index < -0.39 is 0 Å². The van der Waals surface area contributed by atoms with E-state index in [1.807, 2.05) is 0 Å². The number of nitrogens with one attached hydrogen (secondary N) is 2. The standard InChI is InChI=1S/C16H16N2/c1-3-11-7-17-9-15(11)13(5-1)14-6-2-4-12-8-18-10-16(12)14/h1-6,17-18H,7-10H2. The van der Waals surface area contributed by atoms with Crippen LogP contribution in [0.2, 0.25) is 0 Å². The summed E-state index contributed by atoms with van der Waals surface area (Å²) < 4.78 is 0. The molecule has 0 spiro atoms. The Morgan fingerprint density at radius 3 is 1.61 bits per heavy atom. The van der Waals surface area contributed by atoms with Crippen molar-refractivity contribution >= 4 is 0 Å². The van der Waals surface area contributed by atoms with E-state index in [4.69, 9.17) is 0 Å². The van der Waals surface area contributed by atoms with E-state index in [1.165, 1.54) is 33.4 Å². The summed E-state index contributed by atoms with van der Waals surface area (Å²) in [6.07, 6.45) is 0. The highest BCUT2D eigenvalue weighted by Gasteiger charge is 2.19. The van der Waals surface area contributed by atoms with Gasteiger partial charge in [-0.15, -0.1) is 0 Å². The predicted octanol–water partition coefficient (Wildman–Crippen LogP) is 2.56. The average molecular weight is 236 g/mol. The molecule has 2 heteroatoms. The normalized spacial score (nSPS) is 16.7. The van der Waals surface area contributed by atoms with E-state index in [0.29, 0.717) is 0 Å². The molecule has 0 saturated carbocycles. The third-order valence-corrected chi connectivity index (χ3v) is 4.07. The Labute approximate surface area is 107 Å². The molecular weight excluding hydrogens is 220 g/mol. The van der Waals surface area contributed by atoms with Crippen LogP contribution in [-0.2, 0) is 26.2 Å². The van der Waals surface area contributed by atoms with Crippen LogP contribution in [0.4, 0.5) is 0 Å². The Balaban J connectivity index is 1.95. The molecule has 0 fully saturated rings. The average Bonchev–Trinajstić information content (AvgIpc) is 3.06. The summed E-state index contributed by atoms with van der Waals surface area (Å²) in [5.41, 5.74) is 8.71. The fourth-order valence-corrected chi connectivity index (χ4v) is 3.17. The molecule has 2 aromatic rings. The molecule has 0 unspecified atom stereocenters. The maximum absolute atomic E-state index is 3.45. The van der Waals surface area contributed by atoms with Crippen molar-refractivity contribution in [1.29, 1.82) is 0 Å². The second-order valence-corrected chi connectivity index (χ2v) is 5.09. The zero-order chi connectivity index (χ0) is 11.9. The maximum atomic E-state index is 3.45. The summed E-state index contributed by atoms with van der Waals surface area (Å²) in [5.74, 6) is 0. The molecule has 0 bridgehead atoms. The van der Waals surface area contributed by atoms with Gasteiger partial charge in [-0.05, 0) is 33.4 Å². The summed E-state index contributed by atoms with van der Waals surface area (Å²) in [6, 6.07) is 13.4. The van der Waals surface area contributed by atoms with Crippen LogP contribution in [0.25, 0.3) is 11.1 Å². The van der Waals surface area contributed by atoms with Crippen molar-refractivity contribution in [1.82, 2.24) is 10.6 Å². The van der Waals surface area contributed by atoms with Crippen LogP contribution in [0.1, 0.15) is 22.3 Å². The van der Waals surface area contributed by atoms with Gasteiger partial charge in [0.05, 0.1) is 0 Å². The molecule has 2 aliphatic rings. The van der Waals surface area contributed by atoms with Crippen molar-refractivity contribution in [3.63, 3.8) is 0 Å². The monoisotopic (exact) mass is 236 g/mol. The first-order chi connectivity index (χ1) is 8.93. The van der Waals surface area contributed by atoms with Gasteiger partial charge >= 0.3 is 0 Å². The minimum atomic E-state index is 1.00. The van der Waals surface area contributed by atoms with E-state index in [1.54, 1.807) is 0 Å². The molecule has 0 atom stereocenters. The van der Waals surface area contributed by atoms with Gasteiger partial charge in [-0.3, -0.25) is 0 Å². The fraction of sp³-hybridized carbons (Fsp3) is 0.250. The first-order valence-electron chi connectivity index (χ1n) is 6.57. The van der Waals surface area contributed by atoms with E-state index in [0.717, 1.165) is 26.2 Å². The van der Waals surface area contributed by atoms with Gasteiger partial charge < -0.3 is 10.6 Å². The molecule has 0 amide bonds. The fourth-order valence-electron chi connectivity index (χ4n) is 3.17. The zero-order valence-corrected chi connectivity index (χ0v) is 10.3. The molecule has 2 N–H and O–H groups in total. The van der Waals surface area contributed by atoms with Crippen molar-refractivity contribution < 1.29 is 0 Å². The van der Waals surface area contributed by atoms with Crippen molar-refractivity contribution in [2.75, 3.05) is 0 Å². The number of fused-ring (bicyclic) bond motifs is 2. The molecular formula is C16H16N2. The Hall–Kier alpha value is -1.64. The van der Waals surface area contributed by atoms with Gasteiger partial charge in [0, 0.05) is 26.2 Å².